The second-order valence-corrected chi connectivity index (χ2v) is 8.83. The van der Waals surface area contributed by atoms with E-state index in [1.54, 1.807) is 0 Å². The quantitative estimate of drug-likeness (QED) is 0.668. The highest BCUT2D eigenvalue weighted by Gasteiger charge is 2.33. The van der Waals surface area contributed by atoms with E-state index in [9.17, 15) is 36.6 Å². The second-order valence-electron chi connectivity index (χ2n) is 6.92. The summed E-state index contributed by atoms with van der Waals surface area (Å²) in [6, 6.07) is 5.35. The minimum absolute atomic E-state index is 0.00875. The van der Waals surface area contributed by atoms with Gasteiger partial charge in [0.15, 0.2) is 11.6 Å². The number of rotatable bonds is 4. The molecule has 1 heterocycles. The first kappa shape index (κ1) is 22.2. The molecular formula is C19H19F3N2O5S. The van der Waals surface area contributed by atoms with Crippen LogP contribution in [0.2, 0.25) is 0 Å². The summed E-state index contributed by atoms with van der Waals surface area (Å²) in [5, 5.41) is 21.9. The van der Waals surface area contributed by atoms with Gasteiger partial charge in [-0.05, 0) is 36.8 Å². The minimum Gasteiger partial charge on any atom is -0.393 e. The number of amides is 1. The lowest BCUT2D eigenvalue weighted by Crippen LogP contribution is -2.36. The van der Waals surface area contributed by atoms with Gasteiger partial charge in [0.1, 0.15) is 10.7 Å². The summed E-state index contributed by atoms with van der Waals surface area (Å²) in [7, 11) is -4.42. The number of benzene rings is 2. The first-order valence-electron chi connectivity index (χ1n) is 9.00. The molecule has 1 aliphatic rings. The predicted molar refractivity (Wildman–Crippen MR) is 101 cm³/mol. The molecule has 0 aromatic heterocycles. The Morgan fingerprint density at radius 1 is 1.00 bits per heavy atom. The monoisotopic (exact) mass is 444 g/mol. The molecule has 0 aliphatic carbocycles. The van der Waals surface area contributed by atoms with Crippen LogP contribution in [0.15, 0.2) is 41.3 Å². The molecule has 3 rings (SSSR count). The molecule has 0 saturated carbocycles. The molecule has 0 radical (unpaired) electrons. The van der Waals surface area contributed by atoms with E-state index in [1.807, 2.05) is 0 Å². The summed E-state index contributed by atoms with van der Waals surface area (Å²) in [6.07, 6.45) is -1.96. The van der Waals surface area contributed by atoms with Gasteiger partial charge in [-0.2, -0.15) is 4.31 Å². The summed E-state index contributed by atoms with van der Waals surface area (Å²) in [4.78, 5) is 11.6. The van der Waals surface area contributed by atoms with Gasteiger partial charge in [0.2, 0.25) is 10.0 Å². The van der Waals surface area contributed by atoms with Crippen molar-refractivity contribution in [3.63, 3.8) is 0 Å². The first-order chi connectivity index (χ1) is 14.1. The van der Waals surface area contributed by atoms with Crippen LogP contribution in [0.5, 0.6) is 0 Å². The number of nitrogens with zero attached hydrogens (tertiary/aromatic N) is 1. The zero-order chi connectivity index (χ0) is 22.1. The van der Waals surface area contributed by atoms with Crippen molar-refractivity contribution in [1.29, 1.82) is 0 Å². The Hall–Kier alpha value is -2.47. The van der Waals surface area contributed by atoms with Crippen molar-refractivity contribution in [2.75, 3.05) is 18.4 Å². The minimum atomic E-state index is -4.42. The molecule has 2 unspecified atom stereocenters. The maximum absolute atomic E-state index is 14.3. The summed E-state index contributed by atoms with van der Waals surface area (Å²) >= 11 is 0. The smallest absolute Gasteiger partial charge is 0.255 e. The van der Waals surface area contributed by atoms with E-state index in [0.29, 0.717) is 0 Å². The van der Waals surface area contributed by atoms with Gasteiger partial charge in [0.05, 0.1) is 12.2 Å². The number of hydrogen-bond acceptors (Lipinski definition) is 5. The Labute approximate surface area is 170 Å². The van der Waals surface area contributed by atoms with E-state index in [4.69, 9.17) is 0 Å². The van der Waals surface area contributed by atoms with Crippen LogP contribution in [-0.2, 0) is 10.0 Å². The van der Waals surface area contributed by atoms with Crippen molar-refractivity contribution < 1.29 is 36.6 Å². The fraction of sp³-hybridized carbons (Fsp3) is 0.316. The van der Waals surface area contributed by atoms with Crippen LogP contribution in [0.3, 0.4) is 0 Å². The molecule has 30 heavy (non-hydrogen) atoms. The van der Waals surface area contributed by atoms with Crippen molar-refractivity contribution in [1.82, 2.24) is 4.31 Å². The summed E-state index contributed by atoms with van der Waals surface area (Å²) < 4.78 is 67.3. The number of aliphatic hydroxyl groups excluding tert-OH is 2. The Kier molecular flexibility index (Phi) is 6.46. The summed E-state index contributed by atoms with van der Waals surface area (Å²) in [5.74, 6) is -4.24. The molecule has 2 atom stereocenters. The number of β-amino-alcohol motifs (C(OH)–C–C–N with tert-alkyl or cyclic N) is 1. The van der Waals surface area contributed by atoms with Gasteiger partial charge in [0, 0.05) is 36.8 Å². The molecule has 1 aliphatic heterocycles. The summed E-state index contributed by atoms with van der Waals surface area (Å²) in [6.45, 7) is -0.463. The maximum atomic E-state index is 14.3. The number of anilines is 1. The zero-order valence-electron chi connectivity index (χ0n) is 15.6. The molecule has 162 valence electrons. The molecule has 1 amide bonds. The average Bonchev–Trinajstić information content (AvgIpc) is 2.85. The third kappa shape index (κ3) is 4.81. The summed E-state index contributed by atoms with van der Waals surface area (Å²) in [5.41, 5.74) is -0.299. The van der Waals surface area contributed by atoms with Gasteiger partial charge in [-0.15, -0.1) is 0 Å². The molecule has 11 heteroatoms. The molecule has 3 N–H and O–H groups in total. The number of carbonyl (C=O) groups excluding carboxylic acids is 1. The fourth-order valence-electron chi connectivity index (χ4n) is 3.10. The molecule has 0 bridgehead atoms. The molecule has 2 aromatic carbocycles. The van der Waals surface area contributed by atoms with Crippen LogP contribution in [0.4, 0.5) is 18.9 Å². The highest BCUT2D eigenvalue weighted by atomic mass is 32.2. The van der Waals surface area contributed by atoms with Gasteiger partial charge in [0.25, 0.3) is 5.91 Å². The number of hydrogen-bond donors (Lipinski definition) is 3. The van der Waals surface area contributed by atoms with Crippen LogP contribution in [0.25, 0.3) is 0 Å². The SMILES string of the molecule is O=C(Nc1ccc(F)c(F)c1)c1ccc(F)c(S(=O)(=O)N2CCC(O)CC(O)C2)c1. The van der Waals surface area contributed by atoms with E-state index in [0.717, 1.165) is 40.7 Å². The van der Waals surface area contributed by atoms with E-state index < -0.39 is 50.5 Å². The van der Waals surface area contributed by atoms with Crippen LogP contribution in [0, 0.1) is 17.5 Å². The van der Waals surface area contributed by atoms with E-state index >= 15 is 0 Å². The van der Waals surface area contributed by atoms with Crippen molar-refractivity contribution in [3.05, 3.63) is 59.4 Å². The van der Waals surface area contributed by atoms with Gasteiger partial charge < -0.3 is 15.5 Å². The standard InChI is InChI=1S/C19H19F3N2O5S/c20-15-4-2-12(8-17(15)22)23-19(27)11-1-3-16(21)18(7-11)30(28,29)24-6-5-13(25)9-14(26)10-24/h1-4,7-8,13-14,25-26H,5-6,9-10H2,(H,23,27). The maximum Gasteiger partial charge on any atom is 0.255 e. The number of aliphatic hydroxyl groups is 2. The molecule has 7 nitrogen and oxygen atoms in total. The van der Waals surface area contributed by atoms with Crippen LogP contribution in [0.1, 0.15) is 23.2 Å². The molecule has 2 aromatic rings. The zero-order valence-corrected chi connectivity index (χ0v) is 16.4. The van der Waals surface area contributed by atoms with E-state index in [1.165, 1.54) is 0 Å². The Morgan fingerprint density at radius 3 is 2.40 bits per heavy atom. The Balaban J connectivity index is 1.88. The fourth-order valence-corrected chi connectivity index (χ4v) is 4.69. The van der Waals surface area contributed by atoms with Gasteiger partial charge >= 0.3 is 0 Å². The van der Waals surface area contributed by atoms with Gasteiger partial charge in [-0.25, -0.2) is 21.6 Å². The molecule has 0 spiro atoms. The van der Waals surface area contributed by atoms with Crippen molar-refractivity contribution in [3.8, 4) is 0 Å². The highest BCUT2D eigenvalue weighted by molar-refractivity contribution is 7.89. The third-order valence-corrected chi connectivity index (χ3v) is 6.54. The Bertz CT molecular complexity index is 1060. The topological polar surface area (TPSA) is 107 Å². The third-order valence-electron chi connectivity index (χ3n) is 4.66. The van der Waals surface area contributed by atoms with Crippen LogP contribution >= 0.6 is 0 Å². The van der Waals surface area contributed by atoms with Crippen molar-refractivity contribution in [2.24, 2.45) is 0 Å². The average molecular weight is 444 g/mol. The van der Waals surface area contributed by atoms with Gasteiger partial charge in [-0.1, -0.05) is 0 Å². The molecule has 1 saturated heterocycles. The molecule has 1 fully saturated rings. The normalized spacial score (nSPS) is 20.6. The van der Waals surface area contributed by atoms with Crippen LogP contribution < -0.4 is 5.32 Å². The van der Waals surface area contributed by atoms with Crippen molar-refractivity contribution in [2.45, 2.75) is 29.9 Å². The predicted octanol–water partition coefficient (Wildman–Crippen LogP) is 1.86. The number of nitrogens with one attached hydrogen (secondary N) is 1. The first-order valence-corrected chi connectivity index (χ1v) is 10.4. The Morgan fingerprint density at radius 2 is 1.70 bits per heavy atom. The highest BCUT2D eigenvalue weighted by Crippen LogP contribution is 2.25. The number of carbonyl (C=O) groups is 1. The number of halogens is 3. The number of sulfonamides is 1. The second kappa shape index (κ2) is 8.72. The lowest BCUT2D eigenvalue weighted by Gasteiger charge is -2.22. The molecular weight excluding hydrogens is 425 g/mol. The van der Waals surface area contributed by atoms with E-state index in [2.05, 4.69) is 5.32 Å². The van der Waals surface area contributed by atoms with Gasteiger partial charge in [-0.3, -0.25) is 4.79 Å². The largest absolute Gasteiger partial charge is 0.393 e. The lowest BCUT2D eigenvalue weighted by molar-refractivity contribution is 0.0886. The van der Waals surface area contributed by atoms with E-state index in [-0.39, 0.29) is 37.2 Å². The van der Waals surface area contributed by atoms with Crippen molar-refractivity contribution >= 4 is 21.6 Å². The van der Waals surface area contributed by atoms with Crippen LogP contribution in [-0.4, -0.2) is 54.1 Å². The lowest BCUT2D eigenvalue weighted by atomic mass is 10.1.